The van der Waals surface area contributed by atoms with E-state index < -0.39 is 0 Å². The summed E-state index contributed by atoms with van der Waals surface area (Å²) in [5.74, 6) is 0.861. The Morgan fingerprint density at radius 3 is 2.83 bits per heavy atom. The van der Waals surface area contributed by atoms with Crippen LogP contribution in [0.3, 0.4) is 0 Å². The van der Waals surface area contributed by atoms with E-state index in [0.717, 1.165) is 10.4 Å². The van der Waals surface area contributed by atoms with Crippen molar-refractivity contribution in [2.45, 2.75) is 19.4 Å². The van der Waals surface area contributed by atoms with Gasteiger partial charge in [-0.1, -0.05) is 16.8 Å². The minimum atomic E-state index is -0.0711. The molecule has 118 valence electrons. The number of aryl methyl sites for hydroxylation is 1. The van der Waals surface area contributed by atoms with Crippen molar-refractivity contribution < 1.29 is 9.32 Å². The molecular formula is C15H13ClN4O2S. The Hall–Kier alpha value is -2.25. The molecule has 0 saturated heterocycles. The maximum Gasteiger partial charge on any atom is 0.227 e. The lowest BCUT2D eigenvalue weighted by Crippen LogP contribution is -2.22. The first-order valence-corrected chi connectivity index (χ1v) is 8.14. The second-order valence-electron chi connectivity index (χ2n) is 4.73. The summed E-state index contributed by atoms with van der Waals surface area (Å²) in [6.07, 6.45) is 4.01. The minimum Gasteiger partial charge on any atom is -0.351 e. The van der Waals surface area contributed by atoms with E-state index in [9.17, 15) is 4.79 Å². The molecule has 0 aliphatic rings. The van der Waals surface area contributed by atoms with Gasteiger partial charge in [-0.2, -0.15) is 4.98 Å². The highest BCUT2D eigenvalue weighted by atomic mass is 35.5. The monoisotopic (exact) mass is 348 g/mol. The van der Waals surface area contributed by atoms with Gasteiger partial charge in [0.15, 0.2) is 0 Å². The Balaban J connectivity index is 1.48. The van der Waals surface area contributed by atoms with Gasteiger partial charge < -0.3 is 9.84 Å². The number of nitrogens with one attached hydrogen (secondary N) is 1. The van der Waals surface area contributed by atoms with E-state index in [-0.39, 0.29) is 12.3 Å². The molecule has 3 aromatic rings. The van der Waals surface area contributed by atoms with Crippen LogP contribution in [-0.2, 0) is 17.8 Å². The Labute approximate surface area is 141 Å². The Morgan fingerprint density at radius 1 is 1.26 bits per heavy atom. The van der Waals surface area contributed by atoms with E-state index in [1.54, 1.807) is 24.5 Å². The molecule has 1 N–H and O–H groups in total. The Kier molecular flexibility index (Phi) is 4.99. The lowest BCUT2D eigenvalue weighted by Gasteiger charge is -2.01. The standard InChI is InChI=1S/C15H13ClN4O2S/c16-12-2-1-11(23-12)9-18-13(21)3-4-14-19-15(20-22-14)10-5-7-17-8-6-10/h1-2,5-8H,3-4,9H2,(H,18,21). The lowest BCUT2D eigenvalue weighted by atomic mass is 10.2. The number of rotatable bonds is 6. The fraction of sp³-hybridized carbons (Fsp3) is 0.200. The topological polar surface area (TPSA) is 80.9 Å². The SMILES string of the molecule is O=C(CCc1nc(-c2ccncc2)no1)NCc1ccc(Cl)s1. The zero-order valence-electron chi connectivity index (χ0n) is 12.0. The molecule has 8 heteroatoms. The zero-order chi connectivity index (χ0) is 16.1. The number of amides is 1. The molecule has 0 atom stereocenters. The van der Waals surface area contributed by atoms with Crippen LogP contribution in [0.15, 0.2) is 41.2 Å². The molecule has 0 aromatic carbocycles. The number of hydrogen-bond acceptors (Lipinski definition) is 6. The summed E-state index contributed by atoms with van der Waals surface area (Å²) in [5, 5.41) is 6.74. The first kappa shape index (κ1) is 15.6. The van der Waals surface area contributed by atoms with Crippen molar-refractivity contribution in [1.29, 1.82) is 0 Å². The summed E-state index contributed by atoms with van der Waals surface area (Å²) in [6.45, 7) is 0.475. The number of nitrogens with zero attached hydrogens (tertiary/aromatic N) is 3. The molecule has 1 amide bonds. The number of aromatic nitrogens is 3. The van der Waals surface area contributed by atoms with Crippen LogP contribution in [0.2, 0.25) is 4.34 Å². The van der Waals surface area contributed by atoms with Crippen LogP contribution < -0.4 is 5.32 Å². The van der Waals surface area contributed by atoms with Crippen molar-refractivity contribution in [2.24, 2.45) is 0 Å². The highest BCUT2D eigenvalue weighted by molar-refractivity contribution is 7.16. The highest BCUT2D eigenvalue weighted by Crippen LogP contribution is 2.21. The van der Waals surface area contributed by atoms with Crippen LogP contribution in [0.1, 0.15) is 17.2 Å². The van der Waals surface area contributed by atoms with Gasteiger partial charge in [0.05, 0.1) is 10.9 Å². The summed E-state index contributed by atoms with van der Waals surface area (Å²) < 4.78 is 5.87. The van der Waals surface area contributed by atoms with Crippen molar-refractivity contribution in [3.63, 3.8) is 0 Å². The summed E-state index contributed by atoms with van der Waals surface area (Å²) in [6, 6.07) is 7.31. The summed E-state index contributed by atoms with van der Waals surface area (Å²) in [7, 11) is 0. The molecule has 0 bridgehead atoms. The Bertz CT molecular complexity index is 788. The first-order valence-electron chi connectivity index (χ1n) is 6.94. The normalized spacial score (nSPS) is 10.7. The summed E-state index contributed by atoms with van der Waals surface area (Å²) in [4.78, 5) is 21.1. The van der Waals surface area contributed by atoms with Gasteiger partial charge >= 0.3 is 0 Å². The molecule has 0 spiro atoms. The van der Waals surface area contributed by atoms with Crippen LogP contribution >= 0.6 is 22.9 Å². The fourth-order valence-electron chi connectivity index (χ4n) is 1.92. The van der Waals surface area contributed by atoms with E-state index in [2.05, 4.69) is 20.4 Å². The second-order valence-corrected chi connectivity index (χ2v) is 6.53. The van der Waals surface area contributed by atoms with Crippen LogP contribution in [-0.4, -0.2) is 21.0 Å². The predicted molar refractivity (Wildman–Crippen MR) is 87.0 cm³/mol. The van der Waals surface area contributed by atoms with Gasteiger partial charge in [0.1, 0.15) is 0 Å². The average Bonchev–Trinajstić information content (AvgIpc) is 3.21. The van der Waals surface area contributed by atoms with Gasteiger partial charge in [0.2, 0.25) is 17.6 Å². The van der Waals surface area contributed by atoms with Crippen molar-refractivity contribution in [3.05, 3.63) is 51.8 Å². The van der Waals surface area contributed by atoms with Crippen molar-refractivity contribution in [2.75, 3.05) is 0 Å². The van der Waals surface area contributed by atoms with Gasteiger partial charge in [-0.05, 0) is 24.3 Å². The molecule has 3 aromatic heterocycles. The van der Waals surface area contributed by atoms with Crippen LogP contribution in [0.5, 0.6) is 0 Å². The smallest absolute Gasteiger partial charge is 0.227 e. The number of halogens is 1. The molecule has 3 rings (SSSR count). The third kappa shape index (κ3) is 4.37. The van der Waals surface area contributed by atoms with Crippen LogP contribution in [0.4, 0.5) is 0 Å². The lowest BCUT2D eigenvalue weighted by molar-refractivity contribution is -0.121. The average molecular weight is 349 g/mol. The second kappa shape index (κ2) is 7.34. The third-order valence-corrected chi connectivity index (χ3v) is 4.29. The van der Waals surface area contributed by atoms with Crippen molar-refractivity contribution in [3.8, 4) is 11.4 Å². The van der Waals surface area contributed by atoms with Crippen molar-refractivity contribution >= 4 is 28.8 Å². The molecule has 3 heterocycles. The van der Waals surface area contributed by atoms with Gasteiger partial charge in [-0.25, -0.2) is 0 Å². The van der Waals surface area contributed by atoms with Gasteiger partial charge in [0, 0.05) is 35.7 Å². The zero-order valence-corrected chi connectivity index (χ0v) is 13.6. The molecule has 0 unspecified atom stereocenters. The molecule has 6 nitrogen and oxygen atoms in total. The van der Waals surface area contributed by atoms with E-state index in [4.69, 9.17) is 16.1 Å². The van der Waals surface area contributed by atoms with E-state index >= 15 is 0 Å². The van der Waals surface area contributed by atoms with Gasteiger partial charge in [0.25, 0.3) is 0 Å². The number of carbonyl (C=O) groups is 1. The molecule has 0 aliphatic carbocycles. The molecular weight excluding hydrogens is 336 g/mol. The largest absolute Gasteiger partial charge is 0.351 e. The number of pyridine rings is 1. The first-order chi connectivity index (χ1) is 11.2. The summed E-state index contributed by atoms with van der Waals surface area (Å²) >= 11 is 7.29. The molecule has 0 saturated carbocycles. The number of carbonyl (C=O) groups excluding carboxylic acids is 1. The quantitative estimate of drug-likeness (QED) is 0.740. The fourth-order valence-corrected chi connectivity index (χ4v) is 2.94. The highest BCUT2D eigenvalue weighted by Gasteiger charge is 2.10. The van der Waals surface area contributed by atoms with E-state index in [0.29, 0.717) is 29.0 Å². The van der Waals surface area contributed by atoms with Crippen LogP contribution in [0, 0.1) is 0 Å². The number of thiophene rings is 1. The maximum atomic E-state index is 11.8. The molecule has 0 radical (unpaired) electrons. The predicted octanol–water partition coefficient (Wildman–Crippen LogP) is 3.10. The third-order valence-electron chi connectivity index (χ3n) is 3.06. The van der Waals surface area contributed by atoms with Gasteiger partial charge in [-0.3, -0.25) is 9.78 Å². The van der Waals surface area contributed by atoms with E-state index in [1.165, 1.54) is 11.3 Å². The number of hydrogen-bond donors (Lipinski definition) is 1. The Morgan fingerprint density at radius 2 is 2.09 bits per heavy atom. The van der Waals surface area contributed by atoms with E-state index in [1.807, 2.05) is 12.1 Å². The van der Waals surface area contributed by atoms with Crippen molar-refractivity contribution in [1.82, 2.24) is 20.4 Å². The molecule has 23 heavy (non-hydrogen) atoms. The van der Waals surface area contributed by atoms with Crippen LogP contribution in [0.25, 0.3) is 11.4 Å². The molecule has 0 aliphatic heterocycles. The minimum absolute atomic E-state index is 0.0711. The molecule has 0 fully saturated rings. The maximum absolute atomic E-state index is 11.8. The van der Waals surface area contributed by atoms with Gasteiger partial charge in [-0.15, -0.1) is 11.3 Å². The summed E-state index contributed by atoms with van der Waals surface area (Å²) in [5.41, 5.74) is 0.828.